The first-order chi connectivity index (χ1) is 13.0. The summed E-state index contributed by atoms with van der Waals surface area (Å²) in [5, 5.41) is 8.43. The first-order valence-electron chi connectivity index (χ1n) is 9.16. The lowest BCUT2D eigenvalue weighted by molar-refractivity contribution is 0.777. The van der Waals surface area contributed by atoms with Gasteiger partial charge in [0.2, 0.25) is 0 Å². The first-order valence-corrected chi connectivity index (χ1v) is 9.16. The Morgan fingerprint density at radius 2 is 1.78 bits per heavy atom. The molecule has 0 radical (unpaired) electrons. The molecule has 2 aromatic heterocycles. The molecule has 0 spiro atoms. The number of hydrogen-bond donors (Lipinski definition) is 0. The molecule has 134 valence electrons. The van der Waals surface area contributed by atoms with Gasteiger partial charge in [0.15, 0.2) is 0 Å². The van der Waals surface area contributed by atoms with Gasteiger partial charge in [-0.15, -0.1) is 5.10 Å². The van der Waals surface area contributed by atoms with E-state index in [0.717, 1.165) is 34.0 Å². The van der Waals surface area contributed by atoms with Crippen LogP contribution in [-0.2, 0) is 6.42 Å². The zero-order chi connectivity index (χ0) is 19.0. The van der Waals surface area contributed by atoms with E-state index in [0.29, 0.717) is 18.3 Å². The molecule has 0 aliphatic carbocycles. The standard InChI is InChI=1S/C22H21N5/c1-15(2)5-7-17-8-10-20-22(11-17)27-18(13-24-25-27)12-21-19(9-6-16(3)4)23-14-26(20)21/h8,10-11,13-16H,12H2,1-4H3. The number of imidazole rings is 1. The number of hydrogen-bond acceptors (Lipinski definition) is 3. The SMILES string of the molecule is CC(C)C#Cc1ccc2c(c1)-n1nncc1Cc1c(C#CC(C)C)ncn1-2. The fraction of sp³-hybridized carbons (Fsp3) is 0.318. The summed E-state index contributed by atoms with van der Waals surface area (Å²) < 4.78 is 4.00. The molecule has 4 rings (SSSR count). The Kier molecular flexibility index (Phi) is 4.30. The van der Waals surface area contributed by atoms with Crippen LogP contribution in [-0.4, -0.2) is 24.5 Å². The Hall–Kier alpha value is -3.31. The molecule has 0 saturated heterocycles. The van der Waals surface area contributed by atoms with Crippen LogP contribution in [0.1, 0.15) is 50.3 Å². The molecule has 3 heterocycles. The second kappa shape index (κ2) is 6.78. The first kappa shape index (κ1) is 17.1. The maximum Gasteiger partial charge on any atom is 0.135 e. The quantitative estimate of drug-likeness (QED) is 0.454. The van der Waals surface area contributed by atoms with E-state index in [2.05, 4.69) is 83.4 Å². The van der Waals surface area contributed by atoms with Gasteiger partial charge in [0.25, 0.3) is 0 Å². The van der Waals surface area contributed by atoms with Crippen LogP contribution in [0.5, 0.6) is 0 Å². The van der Waals surface area contributed by atoms with Gasteiger partial charge < -0.3 is 0 Å². The number of benzene rings is 1. The smallest absolute Gasteiger partial charge is 0.135 e. The lowest BCUT2D eigenvalue weighted by Crippen LogP contribution is -2.03. The Morgan fingerprint density at radius 3 is 2.56 bits per heavy atom. The van der Waals surface area contributed by atoms with Crippen LogP contribution in [0.4, 0.5) is 0 Å². The highest BCUT2D eigenvalue weighted by Gasteiger charge is 2.22. The van der Waals surface area contributed by atoms with Crippen molar-refractivity contribution in [3.8, 4) is 35.1 Å². The topological polar surface area (TPSA) is 48.5 Å². The van der Waals surface area contributed by atoms with Gasteiger partial charge in [0, 0.05) is 23.8 Å². The van der Waals surface area contributed by atoms with E-state index in [9.17, 15) is 0 Å². The highest BCUT2D eigenvalue weighted by atomic mass is 15.4. The summed E-state index contributed by atoms with van der Waals surface area (Å²) in [6.07, 6.45) is 4.33. The molecule has 0 amide bonds. The van der Waals surface area contributed by atoms with Crippen LogP contribution in [0.2, 0.25) is 0 Å². The van der Waals surface area contributed by atoms with Crippen molar-refractivity contribution in [1.82, 2.24) is 24.5 Å². The summed E-state index contributed by atoms with van der Waals surface area (Å²) in [6, 6.07) is 6.18. The summed E-state index contributed by atoms with van der Waals surface area (Å²) in [4.78, 5) is 4.56. The Bertz CT molecular complexity index is 1120. The molecule has 0 atom stereocenters. The van der Waals surface area contributed by atoms with E-state index < -0.39 is 0 Å². The zero-order valence-electron chi connectivity index (χ0n) is 16.0. The van der Waals surface area contributed by atoms with Gasteiger partial charge in [-0.25, -0.2) is 9.67 Å². The summed E-state index contributed by atoms with van der Waals surface area (Å²) in [5.74, 6) is 13.5. The van der Waals surface area contributed by atoms with Crippen molar-refractivity contribution in [3.05, 3.63) is 53.4 Å². The molecule has 0 fully saturated rings. The van der Waals surface area contributed by atoms with Crippen molar-refractivity contribution >= 4 is 0 Å². The zero-order valence-corrected chi connectivity index (χ0v) is 16.0. The molecular weight excluding hydrogens is 334 g/mol. The number of aromatic nitrogens is 5. The predicted molar refractivity (Wildman–Crippen MR) is 105 cm³/mol. The lowest BCUT2D eigenvalue weighted by Gasteiger charge is -2.10. The molecule has 1 aromatic carbocycles. The molecule has 1 aliphatic rings. The van der Waals surface area contributed by atoms with Crippen molar-refractivity contribution in [3.63, 3.8) is 0 Å². The van der Waals surface area contributed by atoms with E-state index >= 15 is 0 Å². The molecule has 27 heavy (non-hydrogen) atoms. The molecule has 0 bridgehead atoms. The lowest BCUT2D eigenvalue weighted by atomic mass is 10.1. The average Bonchev–Trinajstić information content (AvgIpc) is 3.23. The van der Waals surface area contributed by atoms with Gasteiger partial charge in [0.1, 0.15) is 12.0 Å². The summed E-state index contributed by atoms with van der Waals surface area (Å²) in [5.41, 5.74) is 5.82. The van der Waals surface area contributed by atoms with Crippen molar-refractivity contribution < 1.29 is 0 Å². The second-order valence-corrected chi connectivity index (χ2v) is 7.28. The van der Waals surface area contributed by atoms with Crippen molar-refractivity contribution in [1.29, 1.82) is 0 Å². The van der Waals surface area contributed by atoms with E-state index in [1.165, 1.54) is 0 Å². The fourth-order valence-corrected chi connectivity index (χ4v) is 3.02. The third kappa shape index (κ3) is 3.25. The Morgan fingerprint density at radius 1 is 1.00 bits per heavy atom. The van der Waals surface area contributed by atoms with Crippen LogP contribution in [0.3, 0.4) is 0 Å². The van der Waals surface area contributed by atoms with Gasteiger partial charge in [-0.3, -0.25) is 4.57 Å². The van der Waals surface area contributed by atoms with Gasteiger partial charge in [-0.05, 0) is 24.1 Å². The summed E-state index contributed by atoms with van der Waals surface area (Å²) >= 11 is 0. The Balaban J connectivity index is 1.90. The predicted octanol–water partition coefficient (Wildman–Crippen LogP) is 3.37. The van der Waals surface area contributed by atoms with E-state index in [1.807, 2.05) is 17.1 Å². The largest absolute Gasteiger partial charge is 0.299 e. The number of rotatable bonds is 0. The highest BCUT2D eigenvalue weighted by molar-refractivity contribution is 5.60. The van der Waals surface area contributed by atoms with Crippen LogP contribution in [0.15, 0.2) is 30.7 Å². The van der Waals surface area contributed by atoms with Crippen molar-refractivity contribution in [2.24, 2.45) is 11.8 Å². The number of nitrogens with zero attached hydrogens (tertiary/aromatic N) is 5. The normalized spacial score (nSPS) is 11.6. The number of fused-ring (bicyclic) bond motifs is 5. The van der Waals surface area contributed by atoms with Crippen molar-refractivity contribution in [2.75, 3.05) is 0 Å². The summed E-state index contributed by atoms with van der Waals surface area (Å²) in [7, 11) is 0. The minimum absolute atomic E-state index is 0.301. The molecule has 0 unspecified atom stereocenters. The molecule has 0 N–H and O–H groups in total. The minimum atomic E-state index is 0.301. The van der Waals surface area contributed by atoms with Crippen LogP contribution < -0.4 is 0 Å². The van der Waals surface area contributed by atoms with Gasteiger partial charge in [0.05, 0.1) is 29.0 Å². The molecule has 5 heteroatoms. The third-order valence-corrected chi connectivity index (χ3v) is 4.28. The highest BCUT2D eigenvalue weighted by Crippen LogP contribution is 2.29. The van der Waals surface area contributed by atoms with E-state index in [1.54, 1.807) is 6.20 Å². The van der Waals surface area contributed by atoms with Crippen molar-refractivity contribution in [2.45, 2.75) is 34.1 Å². The fourth-order valence-electron chi connectivity index (χ4n) is 3.02. The second-order valence-electron chi connectivity index (χ2n) is 7.28. The van der Waals surface area contributed by atoms with Gasteiger partial charge in [-0.1, -0.05) is 50.7 Å². The van der Waals surface area contributed by atoms with Crippen LogP contribution in [0.25, 0.3) is 11.4 Å². The molecule has 3 aromatic rings. The molecular formula is C22H21N5. The van der Waals surface area contributed by atoms with Gasteiger partial charge in [-0.2, -0.15) is 0 Å². The molecule has 5 nitrogen and oxygen atoms in total. The minimum Gasteiger partial charge on any atom is -0.299 e. The maximum atomic E-state index is 4.56. The van der Waals surface area contributed by atoms with E-state index in [4.69, 9.17) is 0 Å². The third-order valence-electron chi connectivity index (χ3n) is 4.28. The average molecular weight is 355 g/mol. The van der Waals surface area contributed by atoms with Gasteiger partial charge >= 0.3 is 0 Å². The van der Waals surface area contributed by atoms with E-state index in [-0.39, 0.29) is 0 Å². The Labute approximate surface area is 159 Å². The monoisotopic (exact) mass is 355 g/mol. The molecule has 1 aliphatic heterocycles. The van der Waals surface area contributed by atoms with Crippen LogP contribution >= 0.6 is 0 Å². The molecule has 0 saturated carbocycles. The van der Waals surface area contributed by atoms with Crippen LogP contribution in [0, 0.1) is 35.5 Å². The maximum absolute atomic E-state index is 4.56. The summed E-state index contributed by atoms with van der Waals surface area (Å²) in [6.45, 7) is 8.33.